The van der Waals surface area contributed by atoms with Crippen molar-refractivity contribution in [2.24, 2.45) is 7.05 Å². The zero-order valence-corrected chi connectivity index (χ0v) is 11.0. The summed E-state index contributed by atoms with van der Waals surface area (Å²) < 4.78 is 1.48. The monoisotopic (exact) mass is 261 g/mol. The maximum absolute atomic E-state index is 11.0. The van der Waals surface area contributed by atoms with Crippen LogP contribution in [0.25, 0.3) is 0 Å². The van der Waals surface area contributed by atoms with Crippen LogP contribution in [0.5, 0.6) is 0 Å². The minimum absolute atomic E-state index is 0.0103. The molecule has 7 heteroatoms. The molecule has 0 bridgehead atoms. The maximum atomic E-state index is 11.0. The lowest BCUT2D eigenvalue weighted by molar-refractivity contribution is -0.384. The Morgan fingerprint density at radius 3 is 2.84 bits per heavy atom. The fraction of sp³-hybridized carbons (Fsp3) is 0.333. The van der Waals surface area contributed by atoms with Crippen LogP contribution in [-0.4, -0.2) is 19.7 Å². The van der Waals surface area contributed by atoms with E-state index in [0.717, 1.165) is 11.3 Å². The Hall–Kier alpha value is -2.44. The predicted molar refractivity (Wildman–Crippen MR) is 70.9 cm³/mol. The normalized spacial score (nSPS) is 10.5. The lowest BCUT2D eigenvalue weighted by Gasteiger charge is -2.07. The topological polar surface area (TPSA) is 85.9 Å². The number of aryl methyl sites for hydroxylation is 3. The molecule has 0 saturated heterocycles. The standard InChI is InChI=1S/C12H15N5O2/c1-8-5-4-6-13-10(8)7-14-12-11(17(18)19)9(2)15-16(12)3/h4-6,14H,7H2,1-3H3. The second-order valence-electron chi connectivity index (χ2n) is 4.28. The number of nitrogens with one attached hydrogen (secondary N) is 1. The largest absolute Gasteiger partial charge is 0.359 e. The first-order valence-corrected chi connectivity index (χ1v) is 5.83. The van der Waals surface area contributed by atoms with Crippen molar-refractivity contribution in [3.05, 3.63) is 45.4 Å². The number of nitrogens with zero attached hydrogens (tertiary/aromatic N) is 4. The van der Waals surface area contributed by atoms with E-state index < -0.39 is 4.92 Å². The molecule has 0 amide bonds. The quantitative estimate of drug-likeness (QED) is 0.671. The van der Waals surface area contributed by atoms with Crippen molar-refractivity contribution >= 4 is 11.5 Å². The van der Waals surface area contributed by atoms with Gasteiger partial charge in [0.2, 0.25) is 5.82 Å². The highest BCUT2D eigenvalue weighted by molar-refractivity contribution is 5.59. The summed E-state index contributed by atoms with van der Waals surface area (Å²) in [6.45, 7) is 3.99. The number of hydrogen-bond donors (Lipinski definition) is 1. The molecule has 0 aliphatic heterocycles. The Morgan fingerprint density at radius 2 is 2.21 bits per heavy atom. The van der Waals surface area contributed by atoms with Crippen LogP contribution in [0.3, 0.4) is 0 Å². The average Bonchev–Trinajstić information content (AvgIpc) is 2.63. The zero-order valence-electron chi connectivity index (χ0n) is 11.0. The summed E-state index contributed by atoms with van der Waals surface area (Å²) >= 11 is 0. The molecule has 0 radical (unpaired) electrons. The number of nitro groups is 1. The summed E-state index contributed by atoms with van der Waals surface area (Å²) in [4.78, 5) is 14.9. The molecule has 0 fully saturated rings. The summed E-state index contributed by atoms with van der Waals surface area (Å²) in [5, 5.41) is 18.1. The van der Waals surface area contributed by atoms with E-state index in [-0.39, 0.29) is 5.69 Å². The molecule has 7 nitrogen and oxygen atoms in total. The highest BCUT2D eigenvalue weighted by Gasteiger charge is 2.23. The lowest BCUT2D eigenvalue weighted by atomic mass is 10.2. The van der Waals surface area contributed by atoms with Gasteiger partial charge in [0.15, 0.2) is 0 Å². The van der Waals surface area contributed by atoms with E-state index in [1.807, 2.05) is 19.1 Å². The molecule has 2 rings (SSSR count). The van der Waals surface area contributed by atoms with Crippen LogP contribution in [0.15, 0.2) is 18.3 Å². The lowest BCUT2D eigenvalue weighted by Crippen LogP contribution is -2.08. The van der Waals surface area contributed by atoms with Gasteiger partial charge in [-0.05, 0) is 25.5 Å². The number of aromatic nitrogens is 3. The minimum atomic E-state index is -0.421. The maximum Gasteiger partial charge on any atom is 0.333 e. The highest BCUT2D eigenvalue weighted by atomic mass is 16.6. The zero-order chi connectivity index (χ0) is 14.0. The molecule has 19 heavy (non-hydrogen) atoms. The van der Waals surface area contributed by atoms with E-state index in [9.17, 15) is 10.1 Å². The van der Waals surface area contributed by atoms with Crippen LogP contribution in [0, 0.1) is 24.0 Å². The molecule has 0 saturated carbocycles. The van der Waals surface area contributed by atoms with Gasteiger partial charge < -0.3 is 5.32 Å². The Labute approximate surface area is 110 Å². The van der Waals surface area contributed by atoms with Gasteiger partial charge in [-0.1, -0.05) is 6.07 Å². The van der Waals surface area contributed by atoms with Crippen molar-refractivity contribution < 1.29 is 4.92 Å². The molecular weight excluding hydrogens is 246 g/mol. The molecule has 0 aliphatic carbocycles. The van der Waals surface area contributed by atoms with Gasteiger partial charge in [-0.15, -0.1) is 0 Å². The Bertz CT molecular complexity index is 621. The van der Waals surface area contributed by atoms with Gasteiger partial charge in [0.25, 0.3) is 0 Å². The molecule has 0 aromatic carbocycles. The number of pyridine rings is 1. The van der Waals surface area contributed by atoms with Crippen molar-refractivity contribution in [1.29, 1.82) is 0 Å². The Morgan fingerprint density at radius 1 is 1.47 bits per heavy atom. The molecule has 2 aromatic rings. The van der Waals surface area contributed by atoms with Gasteiger partial charge in [-0.25, -0.2) is 4.68 Å². The number of hydrogen-bond acceptors (Lipinski definition) is 5. The third-order valence-corrected chi connectivity index (χ3v) is 2.91. The van der Waals surface area contributed by atoms with Crippen LogP contribution in [0.4, 0.5) is 11.5 Å². The molecule has 100 valence electrons. The van der Waals surface area contributed by atoms with E-state index in [0.29, 0.717) is 18.1 Å². The summed E-state index contributed by atoms with van der Waals surface area (Å²) in [7, 11) is 1.67. The summed E-state index contributed by atoms with van der Waals surface area (Å²) in [6, 6.07) is 3.81. The third-order valence-electron chi connectivity index (χ3n) is 2.91. The van der Waals surface area contributed by atoms with Crippen molar-refractivity contribution in [2.45, 2.75) is 20.4 Å². The van der Waals surface area contributed by atoms with Gasteiger partial charge in [0, 0.05) is 13.2 Å². The van der Waals surface area contributed by atoms with Crippen LogP contribution < -0.4 is 5.32 Å². The highest BCUT2D eigenvalue weighted by Crippen LogP contribution is 2.27. The second kappa shape index (κ2) is 5.05. The van der Waals surface area contributed by atoms with Crippen LogP contribution in [0.1, 0.15) is 17.0 Å². The molecule has 0 unspecified atom stereocenters. The molecule has 1 N–H and O–H groups in total. The molecule has 0 atom stereocenters. The van der Waals surface area contributed by atoms with Crippen molar-refractivity contribution in [1.82, 2.24) is 14.8 Å². The summed E-state index contributed by atoms with van der Waals surface area (Å²) in [6.07, 6.45) is 1.70. The summed E-state index contributed by atoms with van der Waals surface area (Å²) in [5.74, 6) is 0.396. The van der Waals surface area contributed by atoms with Crippen LogP contribution in [0.2, 0.25) is 0 Å². The molecular formula is C12H15N5O2. The molecule has 0 aliphatic rings. The SMILES string of the molecule is Cc1cccnc1CNc1c([N+](=O)[O-])c(C)nn1C. The fourth-order valence-corrected chi connectivity index (χ4v) is 1.93. The first kappa shape index (κ1) is 13.0. The number of anilines is 1. The van der Waals surface area contributed by atoms with E-state index >= 15 is 0 Å². The van der Waals surface area contributed by atoms with Gasteiger partial charge >= 0.3 is 5.69 Å². The Balaban J connectivity index is 2.25. The fourth-order valence-electron chi connectivity index (χ4n) is 1.93. The van der Waals surface area contributed by atoms with Gasteiger partial charge in [-0.2, -0.15) is 5.10 Å². The van der Waals surface area contributed by atoms with E-state index in [1.165, 1.54) is 4.68 Å². The summed E-state index contributed by atoms with van der Waals surface area (Å²) in [5.41, 5.74) is 2.30. The molecule has 2 aromatic heterocycles. The average molecular weight is 261 g/mol. The van der Waals surface area contributed by atoms with E-state index in [1.54, 1.807) is 20.2 Å². The number of rotatable bonds is 4. The third kappa shape index (κ3) is 2.54. The molecule has 0 spiro atoms. The molecule has 2 heterocycles. The van der Waals surface area contributed by atoms with E-state index in [2.05, 4.69) is 15.4 Å². The van der Waals surface area contributed by atoms with Crippen LogP contribution >= 0.6 is 0 Å². The first-order valence-electron chi connectivity index (χ1n) is 5.83. The smallest absolute Gasteiger partial charge is 0.333 e. The van der Waals surface area contributed by atoms with Crippen LogP contribution in [-0.2, 0) is 13.6 Å². The van der Waals surface area contributed by atoms with Gasteiger partial charge in [0.05, 0.1) is 17.2 Å². The van der Waals surface area contributed by atoms with Gasteiger partial charge in [-0.3, -0.25) is 15.1 Å². The minimum Gasteiger partial charge on any atom is -0.359 e. The second-order valence-corrected chi connectivity index (χ2v) is 4.28. The first-order chi connectivity index (χ1) is 9.00. The van der Waals surface area contributed by atoms with E-state index in [4.69, 9.17) is 0 Å². The van der Waals surface area contributed by atoms with Crippen molar-refractivity contribution in [3.63, 3.8) is 0 Å². The predicted octanol–water partition coefficient (Wildman–Crippen LogP) is 1.95. The Kier molecular flexibility index (Phi) is 3.46. The van der Waals surface area contributed by atoms with Crippen molar-refractivity contribution in [2.75, 3.05) is 5.32 Å². The van der Waals surface area contributed by atoms with Gasteiger partial charge in [0.1, 0.15) is 5.69 Å². The van der Waals surface area contributed by atoms with Crippen molar-refractivity contribution in [3.8, 4) is 0 Å².